The molecule has 0 saturated carbocycles. The quantitative estimate of drug-likeness (QED) is 0.729. The molecule has 0 fully saturated rings. The molecule has 1 aromatic heterocycles. The Morgan fingerprint density at radius 3 is 2.96 bits per heavy atom. The molecule has 0 aliphatic carbocycles. The Balaban J connectivity index is 1.79. The maximum Gasteiger partial charge on any atom is 0.259 e. The van der Waals surface area contributed by atoms with Crippen LogP contribution in [0.1, 0.15) is 11.4 Å². The number of nitrogens with zero attached hydrogens (tertiary/aromatic N) is 1. The number of fused-ring (bicyclic) bond motifs is 2. The molecule has 6 nitrogen and oxygen atoms in total. The van der Waals surface area contributed by atoms with Crippen LogP contribution in [0, 0.1) is 0 Å². The highest BCUT2D eigenvalue weighted by atomic mass is 35.5. The number of rotatable bonds is 3. The lowest BCUT2D eigenvalue weighted by Crippen LogP contribution is -2.10. The van der Waals surface area contributed by atoms with E-state index >= 15 is 0 Å². The Kier molecular flexibility index (Phi) is 4.22. The highest BCUT2D eigenvalue weighted by Crippen LogP contribution is 2.42. The van der Waals surface area contributed by atoms with Crippen LogP contribution in [0.2, 0.25) is 5.02 Å². The van der Waals surface area contributed by atoms with E-state index in [9.17, 15) is 4.79 Å². The summed E-state index contributed by atoms with van der Waals surface area (Å²) in [4.78, 5) is 19.3. The molecule has 1 aliphatic heterocycles. The molecule has 3 aromatic rings. The largest absolute Gasteiger partial charge is 0.493 e. The first kappa shape index (κ1) is 16.8. The summed E-state index contributed by atoms with van der Waals surface area (Å²) in [7, 11) is 1.54. The molecule has 0 bridgehead atoms. The van der Waals surface area contributed by atoms with Gasteiger partial charge in [-0.25, -0.2) is 4.98 Å². The van der Waals surface area contributed by atoms with Gasteiger partial charge in [0.25, 0.3) is 5.56 Å². The molecule has 0 unspecified atom stereocenters. The van der Waals surface area contributed by atoms with Crippen LogP contribution in [0.5, 0.6) is 17.2 Å². The topological polar surface area (TPSA) is 73.4 Å². The molecular weight excluding hydrogens is 379 g/mol. The summed E-state index contributed by atoms with van der Waals surface area (Å²) in [5, 5.41) is 1.18. The molecule has 0 spiro atoms. The number of benzene rings is 2. The third-order valence-corrected chi connectivity index (χ3v) is 4.39. The summed E-state index contributed by atoms with van der Waals surface area (Å²) in [6.07, 6.45) is 1.65. The fourth-order valence-corrected chi connectivity index (χ4v) is 3.06. The zero-order valence-electron chi connectivity index (χ0n) is 13.5. The van der Waals surface area contributed by atoms with Gasteiger partial charge in [0.05, 0.1) is 23.0 Å². The van der Waals surface area contributed by atoms with Gasteiger partial charge in [-0.2, -0.15) is 0 Å². The minimum atomic E-state index is -0.295. The van der Waals surface area contributed by atoms with E-state index in [0.717, 1.165) is 0 Å². The van der Waals surface area contributed by atoms with Crippen LogP contribution in [0.25, 0.3) is 22.0 Å². The summed E-state index contributed by atoms with van der Waals surface area (Å²) in [5.74, 6) is 1.88. The Morgan fingerprint density at radius 1 is 1.31 bits per heavy atom. The maximum absolute atomic E-state index is 12.2. The number of aromatic amines is 1. The van der Waals surface area contributed by atoms with Gasteiger partial charge in [-0.1, -0.05) is 23.2 Å². The van der Waals surface area contributed by atoms with E-state index in [2.05, 4.69) is 9.97 Å². The van der Waals surface area contributed by atoms with Gasteiger partial charge in [-0.3, -0.25) is 4.79 Å². The van der Waals surface area contributed by atoms with Crippen molar-refractivity contribution in [3.8, 4) is 17.2 Å². The van der Waals surface area contributed by atoms with Crippen LogP contribution in [0.15, 0.2) is 35.1 Å². The highest BCUT2D eigenvalue weighted by molar-refractivity contribution is 6.50. The first-order chi connectivity index (χ1) is 12.5. The zero-order valence-corrected chi connectivity index (χ0v) is 15.0. The van der Waals surface area contributed by atoms with Crippen LogP contribution in [-0.2, 0) is 0 Å². The number of nitrogens with one attached hydrogen (secondary N) is 1. The second-order valence-electron chi connectivity index (χ2n) is 5.53. The van der Waals surface area contributed by atoms with Gasteiger partial charge in [-0.05, 0) is 42.0 Å². The molecule has 2 aromatic carbocycles. The minimum Gasteiger partial charge on any atom is -0.493 e. The van der Waals surface area contributed by atoms with Gasteiger partial charge >= 0.3 is 0 Å². The SMILES string of the molecule is COc1cc(/C=C(\Cl)c2nc3cc(Cl)ccc3c(=O)[nH]2)cc2c1OCO2. The van der Waals surface area contributed by atoms with Gasteiger partial charge in [0, 0.05) is 5.02 Å². The Morgan fingerprint density at radius 2 is 2.15 bits per heavy atom. The number of hydrogen-bond acceptors (Lipinski definition) is 5. The van der Waals surface area contributed by atoms with E-state index < -0.39 is 0 Å². The molecule has 2 heterocycles. The molecule has 0 amide bonds. The monoisotopic (exact) mass is 390 g/mol. The van der Waals surface area contributed by atoms with Crippen molar-refractivity contribution in [3.63, 3.8) is 0 Å². The van der Waals surface area contributed by atoms with E-state index in [1.165, 1.54) is 0 Å². The van der Waals surface area contributed by atoms with Crippen LogP contribution in [-0.4, -0.2) is 23.9 Å². The molecule has 4 rings (SSSR count). The first-order valence-corrected chi connectivity index (χ1v) is 8.35. The van der Waals surface area contributed by atoms with Gasteiger partial charge in [0.2, 0.25) is 12.5 Å². The highest BCUT2D eigenvalue weighted by Gasteiger charge is 2.20. The zero-order chi connectivity index (χ0) is 18.3. The number of H-pyrrole nitrogens is 1. The normalized spacial score (nSPS) is 13.3. The lowest BCUT2D eigenvalue weighted by Gasteiger charge is -2.07. The van der Waals surface area contributed by atoms with Gasteiger partial charge in [0.1, 0.15) is 0 Å². The van der Waals surface area contributed by atoms with Gasteiger partial charge < -0.3 is 19.2 Å². The Labute approximate surface area is 157 Å². The molecule has 1 aliphatic rings. The molecule has 0 radical (unpaired) electrons. The standard InChI is InChI=1S/C18H12Cl2N2O4/c1-24-14-5-9(6-15-16(14)26-8-25-15)4-12(20)17-21-13-7-10(19)2-3-11(13)18(23)22-17/h2-7H,8H2,1H3,(H,21,22,23)/b12-4-. The predicted molar refractivity (Wildman–Crippen MR) is 100 cm³/mol. The van der Waals surface area contributed by atoms with E-state index in [4.69, 9.17) is 37.4 Å². The van der Waals surface area contributed by atoms with E-state index in [0.29, 0.717) is 38.7 Å². The molecule has 8 heteroatoms. The predicted octanol–water partition coefficient (Wildman–Crippen LogP) is 4.05. The number of aromatic nitrogens is 2. The Bertz CT molecular complexity index is 1110. The van der Waals surface area contributed by atoms with E-state index in [1.807, 2.05) is 0 Å². The molecule has 0 atom stereocenters. The number of ether oxygens (including phenoxy) is 3. The van der Waals surface area contributed by atoms with Crippen molar-refractivity contribution in [2.24, 2.45) is 0 Å². The summed E-state index contributed by atoms with van der Waals surface area (Å²) < 4.78 is 16.1. The molecule has 26 heavy (non-hydrogen) atoms. The number of methoxy groups -OCH3 is 1. The van der Waals surface area contributed by atoms with Gasteiger partial charge in [-0.15, -0.1) is 0 Å². The van der Waals surface area contributed by atoms with Crippen LogP contribution in [0.3, 0.4) is 0 Å². The molecular formula is C18H12Cl2N2O4. The lowest BCUT2D eigenvalue weighted by molar-refractivity contribution is 0.171. The number of hydrogen-bond donors (Lipinski definition) is 1. The van der Waals surface area contributed by atoms with Crippen LogP contribution < -0.4 is 19.8 Å². The van der Waals surface area contributed by atoms with Crippen molar-refractivity contribution in [1.82, 2.24) is 9.97 Å². The van der Waals surface area contributed by atoms with E-state index in [-0.39, 0.29) is 23.2 Å². The fourth-order valence-electron chi connectivity index (χ4n) is 2.67. The van der Waals surface area contributed by atoms with E-state index in [1.54, 1.807) is 43.5 Å². The summed E-state index contributed by atoms with van der Waals surface area (Å²) >= 11 is 12.4. The molecule has 132 valence electrons. The Hall–Kier alpha value is -2.70. The van der Waals surface area contributed by atoms with Crippen molar-refractivity contribution >= 4 is 45.2 Å². The molecule has 1 N–H and O–H groups in total. The van der Waals surface area contributed by atoms with Crippen molar-refractivity contribution in [2.75, 3.05) is 13.9 Å². The average Bonchev–Trinajstić information content (AvgIpc) is 3.09. The third-order valence-electron chi connectivity index (χ3n) is 3.87. The summed E-state index contributed by atoms with van der Waals surface area (Å²) in [5.41, 5.74) is 0.882. The maximum atomic E-state index is 12.2. The fraction of sp³-hybridized carbons (Fsp3) is 0.111. The van der Waals surface area contributed by atoms with Crippen LogP contribution in [0.4, 0.5) is 0 Å². The van der Waals surface area contributed by atoms with Crippen molar-refractivity contribution in [3.05, 3.63) is 57.1 Å². The summed E-state index contributed by atoms with van der Waals surface area (Å²) in [6.45, 7) is 0.132. The second-order valence-corrected chi connectivity index (χ2v) is 6.37. The van der Waals surface area contributed by atoms with Crippen molar-refractivity contribution in [2.45, 2.75) is 0 Å². The summed E-state index contributed by atoms with van der Waals surface area (Å²) in [6, 6.07) is 8.39. The number of halogens is 2. The van der Waals surface area contributed by atoms with Crippen molar-refractivity contribution < 1.29 is 14.2 Å². The smallest absolute Gasteiger partial charge is 0.259 e. The first-order valence-electron chi connectivity index (χ1n) is 7.60. The second kappa shape index (κ2) is 6.55. The molecule has 0 saturated heterocycles. The van der Waals surface area contributed by atoms with Crippen molar-refractivity contribution in [1.29, 1.82) is 0 Å². The van der Waals surface area contributed by atoms with Crippen LogP contribution >= 0.6 is 23.2 Å². The lowest BCUT2D eigenvalue weighted by atomic mass is 10.1. The minimum absolute atomic E-state index is 0.132. The third kappa shape index (κ3) is 2.98. The van der Waals surface area contributed by atoms with Gasteiger partial charge in [0.15, 0.2) is 17.3 Å². The average molecular weight is 391 g/mol.